The average molecular weight is 255 g/mol. The largest absolute Gasteiger partial charge is 0.345 e. The minimum atomic E-state index is -0.172. The van der Waals surface area contributed by atoms with Gasteiger partial charge >= 0.3 is 0 Å². The predicted octanol–water partition coefficient (Wildman–Crippen LogP) is 0.0449. The number of aromatic amines is 1. The van der Waals surface area contributed by atoms with Crippen molar-refractivity contribution in [3.8, 4) is 11.8 Å². The Morgan fingerprint density at radius 2 is 2.16 bits per heavy atom. The molecule has 0 radical (unpaired) electrons. The van der Waals surface area contributed by atoms with Crippen LogP contribution in [-0.4, -0.2) is 27.6 Å². The number of H-pyrrole nitrogens is 1. The molecule has 0 saturated carbocycles. The van der Waals surface area contributed by atoms with Gasteiger partial charge in [-0.3, -0.25) is 9.89 Å². The minimum absolute atomic E-state index is 0.172. The van der Waals surface area contributed by atoms with Gasteiger partial charge in [-0.1, -0.05) is 11.8 Å². The van der Waals surface area contributed by atoms with Crippen LogP contribution in [0.4, 0.5) is 0 Å². The fourth-order valence-corrected chi connectivity index (χ4v) is 1.44. The van der Waals surface area contributed by atoms with Gasteiger partial charge in [-0.15, -0.1) is 0 Å². The first-order chi connectivity index (χ1) is 9.29. The summed E-state index contributed by atoms with van der Waals surface area (Å²) in [6, 6.07) is 7.00. The molecular formula is C13H13N5O. The molecule has 0 unspecified atom stereocenters. The topological polar surface area (TPSA) is 96.7 Å². The van der Waals surface area contributed by atoms with Gasteiger partial charge in [0.15, 0.2) is 0 Å². The molecule has 2 aromatic rings. The molecule has 96 valence electrons. The molecule has 0 atom stereocenters. The Balaban J connectivity index is 1.95. The van der Waals surface area contributed by atoms with E-state index in [0.29, 0.717) is 24.5 Å². The molecule has 0 fully saturated rings. The number of rotatable bonds is 3. The number of benzene rings is 1. The molecule has 19 heavy (non-hydrogen) atoms. The summed E-state index contributed by atoms with van der Waals surface area (Å²) in [5, 5.41) is 9.11. The first-order valence-electron chi connectivity index (χ1n) is 5.71. The molecule has 2 rings (SSSR count). The SMILES string of the molecule is NCC#Cc1ccc(C(=O)NCc2ncn[nH]2)cc1. The monoisotopic (exact) mass is 255 g/mol. The van der Waals surface area contributed by atoms with Crippen molar-refractivity contribution in [1.82, 2.24) is 20.5 Å². The van der Waals surface area contributed by atoms with Crippen LogP contribution in [0.15, 0.2) is 30.6 Å². The van der Waals surface area contributed by atoms with E-state index in [-0.39, 0.29) is 5.91 Å². The zero-order chi connectivity index (χ0) is 13.5. The molecule has 4 N–H and O–H groups in total. The highest BCUT2D eigenvalue weighted by atomic mass is 16.1. The molecular weight excluding hydrogens is 242 g/mol. The lowest BCUT2D eigenvalue weighted by atomic mass is 10.1. The van der Waals surface area contributed by atoms with Crippen molar-refractivity contribution in [2.45, 2.75) is 6.54 Å². The van der Waals surface area contributed by atoms with Crippen molar-refractivity contribution in [3.63, 3.8) is 0 Å². The van der Waals surface area contributed by atoms with E-state index < -0.39 is 0 Å². The summed E-state index contributed by atoms with van der Waals surface area (Å²) in [5.41, 5.74) is 6.69. The number of hydrogen-bond acceptors (Lipinski definition) is 4. The molecule has 0 aliphatic rings. The second-order valence-corrected chi connectivity index (χ2v) is 3.70. The standard InChI is InChI=1S/C13H13N5O/c14-7-1-2-10-3-5-11(6-4-10)13(19)15-8-12-16-9-17-18-12/h3-6,9H,7-8,14H2,(H,15,19)(H,16,17,18). The lowest BCUT2D eigenvalue weighted by Gasteiger charge is -2.03. The van der Waals surface area contributed by atoms with Gasteiger partial charge in [0.1, 0.15) is 12.2 Å². The molecule has 1 aromatic carbocycles. The van der Waals surface area contributed by atoms with Crippen LogP contribution in [0.3, 0.4) is 0 Å². The minimum Gasteiger partial charge on any atom is -0.345 e. The van der Waals surface area contributed by atoms with Crippen LogP contribution in [0.2, 0.25) is 0 Å². The second kappa shape index (κ2) is 6.33. The van der Waals surface area contributed by atoms with Crippen molar-refractivity contribution in [2.24, 2.45) is 5.73 Å². The predicted molar refractivity (Wildman–Crippen MR) is 69.9 cm³/mol. The van der Waals surface area contributed by atoms with Gasteiger partial charge in [0.05, 0.1) is 13.1 Å². The van der Waals surface area contributed by atoms with Crippen LogP contribution in [0, 0.1) is 11.8 Å². The Morgan fingerprint density at radius 3 is 2.79 bits per heavy atom. The molecule has 6 nitrogen and oxygen atoms in total. The van der Waals surface area contributed by atoms with Gasteiger partial charge in [0.25, 0.3) is 5.91 Å². The maximum absolute atomic E-state index is 11.8. The van der Waals surface area contributed by atoms with Crippen LogP contribution in [0.5, 0.6) is 0 Å². The molecule has 6 heteroatoms. The Morgan fingerprint density at radius 1 is 1.37 bits per heavy atom. The molecule has 0 aliphatic carbocycles. The lowest BCUT2D eigenvalue weighted by Crippen LogP contribution is -2.23. The highest BCUT2D eigenvalue weighted by Gasteiger charge is 2.05. The van der Waals surface area contributed by atoms with E-state index in [4.69, 9.17) is 5.73 Å². The fourth-order valence-electron chi connectivity index (χ4n) is 1.44. The number of carbonyl (C=O) groups excluding carboxylic acids is 1. The van der Waals surface area contributed by atoms with Crippen LogP contribution in [0.1, 0.15) is 21.7 Å². The third kappa shape index (κ3) is 3.66. The Labute approximate surface area is 110 Å². The van der Waals surface area contributed by atoms with Gasteiger partial charge < -0.3 is 11.1 Å². The molecule has 0 aliphatic heterocycles. The van der Waals surface area contributed by atoms with Crippen molar-refractivity contribution < 1.29 is 4.79 Å². The smallest absolute Gasteiger partial charge is 0.251 e. The number of nitrogens with zero attached hydrogens (tertiary/aromatic N) is 2. The first-order valence-corrected chi connectivity index (χ1v) is 5.71. The molecule has 1 aromatic heterocycles. The molecule has 1 amide bonds. The Bertz CT molecular complexity index is 592. The quantitative estimate of drug-likeness (QED) is 0.675. The Kier molecular flexibility index (Phi) is 4.26. The van der Waals surface area contributed by atoms with Gasteiger partial charge in [0.2, 0.25) is 0 Å². The van der Waals surface area contributed by atoms with E-state index in [1.807, 2.05) is 0 Å². The summed E-state index contributed by atoms with van der Waals surface area (Å²) < 4.78 is 0. The lowest BCUT2D eigenvalue weighted by molar-refractivity contribution is 0.0950. The third-order valence-corrected chi connectivity index (χ3v) is 2.36. The van der Waals surface area contributed by atoms with Gasteiger partial charge in [-0.2, -0.15) is 5.10 Å². The molecule has 1 heterocycles. The van der Waals surface area contributed by atoms with Gasteiger partial charge in [0, 0.05) is 11.1 Å². The van der Waals surface area contributed by atoms with Crippen LogP contribution in [-0.2, 0) is 6.54 Å². The zero-order valence-electron chi connectivity index (χ0n) is 10.2. The number of amides is 1. The van der Waals surface area contributed by atoms with Gasteiger partial charge in [-0.25, -0.2) is 4.98 Å². The van der Waals surface area contributed by atoms with E-state index in [0.717, 1.165) is 5.56 Å². The van der Waals surface area contributed by atoms with E-state index in [9.17, 15) is 4.79 Å². The molecule has 0 spiro atoms. The average Bonchev–Trinajstić information content (AvgIpc) is 2.96. The number of carbonyl (C=O) groups is 1. The maximum atomic E-state index is 11.8. The van der Waals surface area contributed by atoms with E-state index in [1.54, 1.807) is 24.3 Å². The second-order valence-electron chi connectivity index (χ2n) is 3.70. The number of hydrogen-bond donors (Lipinski definition) is 3. The fraction of sp³-hybridized carbons (Fsp3) is 0.154. The van der Waals surface area contributed by atoms with Crippen LogP contribution >= 0.6 is 0 Å². The third-order valence-electron chi connectivity index (χ3n) is 2.36. The van der Waals surface area contributed by atoms with Crippen molar-refractivity contribution in [3.05, 3.63) is 47.5 Å². The van der Waals surface area contributed by atoms with E-state index in [1.165, 1.54) is 6.33 Å². The van der Waals surface area contributed by atoms with Crippen molar-refractivity contribution >= 4 is 5.91 Å². The summed E-state index contributed by atoms with van der Waals surface area (Å²) >= 11 is 0. The summed E-state index contributed by atoms with van der Waals surface area (Å²) in [7, 11) is 0. The van der Waals surface area contributed by atoms with E-state index in [2.05, 4.69) is 32.3 Å². The first kappa shape index (κ1) is 12.8. The number of nitrogens with two attached hydrogens (primary N) is 1. The number of nitrogens with one attached hydrogen (secondary N) is 2. The summed E-state index contributed by atoms with van der Waals surface area (Å²) in [5.74, 6) is 6.09. The highest BCUT2D eigenvalue weighted by molar-refractivity contribution is 5.94. The van der Waals surface area contributed by atoms with E-state index >= 15 is 0 Å². The Hall–Kier alpha value is -2.65. The van der Waals surface area contributed by atoms with Crippen LogP contribution in [0.25, 0.3) is 0 Å². The van der Waals surface area contributed by atoms with Crippen molar-refractivity contribution in [1.29, 1.82) is 0 Å². The van der Waals surface area contributed by atoms with Crippen molar-refractivity contribution in [2.75, 3.05) is 6.54 Å². The van der Waals surface area contributed by atoms with Crippen LogP contribution < -0.4 is 11.1 Å². The van der Waals surface area contributed by atoms with Gasteiger partial charge in [-0.05, 0) is 24.3 Å². The summed E-state index contributed by atoms with van der Waals surface area (Å²) in [4.78, 5) is 15.8. The highest BCUT2D eigenvalue weighted by Crippen LogP contribution is 2.03. The molecule has 0 bridgehead atoms. The summed E-state index contributed by atoms with van der Waals surface area (Å²) in [6.07, 6.45) is 1.40. The normalized spacial score (nSPS) is 9.53. The number of aromatic nitrogens is 3. The molecule has 0 saturated heterocycles. The maximum Gasteiger partial charge on any atom is 0.251 e. The zero-order valence-corrected chi connectivity index (χ0v) is 10.2. The summed E-state index contributed by atoms with van der Waals surface area (Å²) in [6.45, 7) is 0.632.